The van der Waals surface area contributed by atoms with E-state index in [0.717, 1.165) is 15.9 Å². The van der Waals surface area contributed by atoms with Crippen molar-refractivity contribution >= 4 is 70.8 Å². The molecule has 9 nitrogen and oxygen atoms in total. The molecule has 0 aromatic heterocycles. The average Bonchev–Trinajstić information content (AvgIpc) is 3.38. The topological polar surface area (TPSA) is 135 Å². The monoisotopic (exact) mass is 662 g/mol. The smallest absolute Gasteiger partial charge is 0.488 e. The lowest BCUT2D eigenvalue weighted by atomic mass is 9.51. The number of benzene rings is 3. The average molecular weight is 663 g/mol. The molecule has 4 amide bonds. The third kappa shape index (κ3) is 4.29. The van der Waals surface area contributed by atoms with E-state index < -0.39 is 71.6 Å². The van der Waals surface area contributed by atoms with Gasteiger partial charge >= 0.3 is 7.12 Å². The van der Waals surface area contributed by atoms with Gasteiger partial charge in [-0.25, -0.2) is 9.29 Å². The molecular formula is C33H26BCl2FN2O7. The molecule has 3 aromatic rings. The van der Waals surface area contributed by atoms with Crippen LogP contribution in [0.5, 0.6) is 5.75 Å². The molecule has 3 fully saturated rings. The first-order chi connectivity index (χ1) is 21.8. The predicted octanol–water partition coefficient (Wildman–Crippen LogP) is 3.95. The van der Waals surface area contributed by atoms with Crippen molar-refractivity contribution in [2.45, 2.75) is 25.7 Å². The highest BCUT2D eigenvalue weighted by Gasteiger charge is 2.68. The molecule has 46 heavy (non-hydrogen) atoms. The number of anilines is 2. The predicted molar refractivity (Wildman–Crippen MR) is 168 cm³/mol. The van der Waals surface area contributed by atoms with Gasteiger partial charge in [-0.15, -0.1) is 0 Å². The second-order valence-corrected chi connectivity index (χ2v) is 13.3. The molecule has 3 N–H and O–H groups in total. The maximum Gasteiger partial charge on any atom is 0.488 e. The summed E-state index contributed by atoms with van der Waals surface area (Å²) in [4.78, 5) is 58.7. The molecule has 6 atom stereocenters. The zero-order valence-electron chi connectivity index (χ0n) is 24.2. The lowest BCUT2D eigenvalue weighted by molar-refractivity contribution is -0.131. The second-order valence-electron chi connectivity index (χ2n) is 12.4. The molecule has 234 valence electrons. The van der Waals surface area contributed by atoms with Crippen LogP contribution in [0, 0.1) is 34.9 Å². The van der Waals surface area contributed by atoms with Crippen molar-refractivity contribution in [1.82, 2.24) is 0 Å². The van der Waals surface area contributed by atoms with Gasteiger partial charge in [-0.2, -0.15) is 0 Å². The van der Waals surface area contributed by atoms with E-state index in [1.165, 1.54) is 48.5 Å². The summed E-state index contributed by atoms with van der Waals surface area (Å²) in [5.41, 5.74) is 0.173. The fourth-order valence-corrected chi connectivity index (χ4v) is 8.52. The summed E-state index contributed by atoms with van der Waals surface area (Å²) in [6.45, 7) is 1.68. The van der Waals surface area contributed by atoms with Gasteiger partial charge in [-0.05, 0) is 79.2 Å². The van der Waals surface area contributed by atoms with Crippen LogP contribution in [0.15, 0.2) is 72.3 Å². The Labute approximate surface area is 273 Å². The van der Waals surface area contributed by atoms with Gasteiger partial charge in [-0.3, -0.25) is 24.1 Å². The molecule has 2 heterocycles. The van der Waals surface area contributed by atoms with Gasteiger partial charge in [0.25, 0.3) is 0 Å². The molecule has 2 aliphatic carbocycles. The lowest BCUT2D eigenvalue weighted by Crippen LogP contribution is -2.49. The van der Waals surface area contributed by atoms with Gasteiger partial charge in [0, 0.05) is 10.9 Å². The van der Waals surface area contributed by atoms with Crippen LogP contribution < -0.4 is 15.3 Å². The van der Waals surface area contributed by atoms with E-state index in [4.69, 9.17) is 23.2 Å². The van der Waals surface area contributed by atoms with Crippen molar-refractivity contribution < 1.29 is 38.7 Å². The standard InChI is InChI=1S/C33H26BCl2FN2O7/c1-33-23(30(42)39(32(33)44)17-5-10-26(37)25(36)12-17)14-22-19(28(33)20-7-6-18(40)13-24(20)35)8-9-21-27(22)31(43)38(29(21)41)16-4-2-3-15(11-16)34(45)46/h2-8,10-13,21-23,27-28,40,45-46H,9,14H2,1H3/t21-,22+,23-,27-,28+,33+/m0/s1. The quantitative estimate of drug-likeness (QED) is 0.219. The summed E-state index contributed by atoms with van der Waals surface area (Å²) in [6.07, 6.45) is 2.12. The molecule has 7 rings (SSSR count). The van der Waals surface area contributed by atoms with Crippen LogP contribution in [0.3, 0.4) is 0 Å². The van der Waals surface area contributed by atoms with Crippen molar-refractivity contribution in [3.05, 3.63) is 93.7 Å². The maximum atomic E-state index is 14.5. The first kappa shape index (κ1) is 30.6. The number of phenolic OH excluding ortho intramolecular Hbond substituents is 1. The number of hydrogen-bond donors (Lipinski definition) is 3. The minimum Gasteiger partial charge on any atom is -0.508 e. The van der Waals surface area contributed by atoms with E-state index in [-0.39, 0.29) is 45.5 Å². The molecular weight excluding hydrogens is 637 g/mol. The van der Waals surface area contributed by atoms with Gasteiger partial charge in [0.1, 0.15) is 11.6 Å². The Morgan fingerprint density at radius 3 is 2.30 bits per heavy atom. The van der Waals surface area contributed by atoms with E-state index in [1.807, 2.05) is 6.08 Å². The highest BCUT2D eigenvalue weighted by atomic mass is 35.5. The number of rotatable bonds is 4. The Kier molecular flexibility index (Phi) is 7.17. The number of amides is 4. The fraction of sp³-hybridized carbons (Fsp3) is 0.273. The molecule has 2 saturated heterocycles. The largest absolute Gasteiger partial charge is 0.508 e. The molecule has 2 aliphatic heterocycles. The number of halogens is 3. The lowest BCUT2D eigenvalue weighted by Gasteiger charge is -2.49. The molecule has 13 heteroatoms. The number of carbonyl (C=O) groups is 4. The van der Waals surface area contributed by atoms with Gasteiger partial charge in [0.05, 0.1) is 39.6 Å². The Balaban J connectivity index is 1.36. The zero-order valence-corrected chi connectivity index (χ0v) is 25.7. The van der Waals surface area contributed by atoms with Gasteiger partial charge in [-0.1, -0.05) is 53.1 Å². The number of imide groups is 2. The van der Waals surface area contributed by atoms with Gasteiger partial charge < -0.3 is 15.2 Å². The Morgan fingerprint density at radius 1 is 0.870 bits per heavy atom. The van der Waals surface area contributed by atoms with E-state index in [0.29, 0.717) is 11.1 Å². The highest BCUT2D eigenvalue weighted by molar-refractivity contribution is 6.58. The minimum atomic E-state index is -1.81. The number of allylic oxidation sites excluding steroid dienone is 2. The van der Waals surface area contributed by atoms with Crippen LogP contribution in [0.4, 0.5) is 15.8 Å². The second kappa shape index (κ2) is 10.8. The third-order valence-corrected chi connectivity index (χ3v) is 10.8. The molecule has 1 saturated carbocycles. The van der Waals surface area contributed by atoms with Gasteiger partial charge in [0.15, 0.2) is 0 Å². The number of carbonyl (C=O) groups excluding carboxylic acids is 4. The summed E-state index contributed by atoms with van der Waals surface area (Å²) < 4.78 is 14.1. The normalized spacial score (nSPS) is 28.7. The molecule has 4 aliphatic rings. The summed E-state index contributed by atoms with van der Waals surface area (Å²) in [5.74, 6) is -6.85. The zero-order chi connectivity index (χ0) is 32.8. The van der Waals surface area contributed by atoms with Crippen LogP contribution in [-0.2, 0) is 19.2 Å². The molecule has 0 radical (unpaired) electrons. The first-order valence-corrected chi connectivity index (χ1v) is 15.5. The highest BCUT2D eigenvalue weighted by Crippen LogP contribution is 2.64. The van der Waals surface area contributed by atoms with E-state index in [1.54, 1.807) is 13.0 Å². The number of fused-ring (bicyclic) bond motifs is 4. The SMILES string of the molecule is C[C@@]12C(=O)N(c3ccc(F)c(Cl)c3)C(=O)[C@@H]1C[C@@H]1C(=CC[C@@H]3C(=O)N(c4cccc(B(O)O)c4)C(=O)[C@@H]31)[C@@H]2c1ccc(O)cc1Cl. The molecule has 0 bridgehead atoms. The van der Waals surface area contributed by atoms with E-state index >= 15 is 0 Å². The first-order valence-electron chi connectivity index (χ1n) is 14.7. The summed E-state index contributed by atoms with van der Waals surface area (Å²) in [6, 6.07) is 13.8. The van der Waals surface area contributed by atoms with Crippen molar-refractivity contribution in [2.75, 3.05) is 9.80 Å². The number of phenols is 1. The Hall–Kier alpha value is -4.03. The van der Waals surface area contributed by atoms with E-state index in [9.17, 15) is 38.7 Å². The number of nitrogens with zero attached hydrogens (tertiary/aromatic N) is 2. The van der Waals surface area contributed by atoms with Crippen LogP contribution >= 0.6 is 23.2 Å². The Morgan fingerprint density at radius 2 is 1.61 bits per heavy atom. The van der Waals surface area contributed by atoms with Gasteiger partial charge in [0.2, 0.25) is 23.6 Å². The Bertz CT molecular complexity index is 1900. The van der Waals surface area contributed by atoms with E-state index in [2.05, 4.69) is 0 Å². The van der Waals surface area contributed by atoms with Crippen molar-refractivity contribution in [1.29, 1.82) is 0 Å². The van der Waals surface area contributed by atoms with Crippen molar-refractivity contribution in [2.24, 2.45) is 29.1 Å². The van der Waals surface area contributed by atoms with Crippen LogP contribution in [0.2, 0.25) is 10.0 Å². The molecule has 3 aromatic carbocycles. The molecule has 0 spiro atoms. The molecule has 0 unspecified atom stereocenters. The van der Waals surface area contributed by atoms with Crippen molar-refractivity contribution in [3.63, 3.8) is 0 Å². The van der Waals surface area contributed by atoms with Crippen molar-refractivity contribution in [3.8, 4) is 5.75 Å². The van der Waals surface area contributed by atoms with Crippen LogP contribution in [0.1, 0.15) is 31.2 Å². The van der Waals surface area contributed by atoms with Crippen LogP contribution in [0.25, 0.3) is 0 Å². The fourth-order valence-electron chi connectivity index (χ4n) is 8.06. The number of aromatic hydroxyl groups is 1. The third-order valence-electron chi connectivity index (χ3n) is 10.2. The summed E-state index contributed by atoms with van der Waals surface area (Å²) in [5, 5.41) is 29.4. The number of hydrogen-bond acceptors (Lipinski definition) is 7. The summed E-state index contributed by atoms with van der Waals surface area (Å²) in [7, 11) is -1.81. The maximum absolute atomic E-state index is 14.5. The van der Waals surface area contributed by atoms with Crippen LogP contribution in [-0.4, -0.2) is 45.9 Å². The summed E-state index contributed by atoms with van der Waals surface area (Å²) >= 11 is 12.7. The minimum absolute atomic E-state index is 0.0773.